The third kappa shape index (κ3) is 4.08. The molecule has 0 atom stereocenters. The molecule has 0 radical (unpaired) electrons. The Morgan fingerprint density at radius 2 is 2.19 bits per heavy atom. The van der Waals surface area contributed by atoms with Crippen molar-refractivity contribution in [1.29, 1.82) is 0 Å². The lowest BCUT2D eigenvalue weighted by Gasteiger charge is -2.03. The Kier molecular flexibility index (Phi) is 4.25. The van der Waals surface area contributed by atoms with Gasteiger partial charge in [0.2, 0.25) is 0 Å². The summed E-state index contributed by atoms with van der Waals surface area (Å²) in [5.74, 6) is 2.63. The summed E-state index contributed by atoms with van der Waals surface area (Å²) in [6.07, 6.45) is 5.37. The van der Waals surface area contributed by atoms with Gasteiger partial charge in [-0.3, -0.25) is 4.79 Å². The van der Waals surface area contributed by atoms with Gasteiger partial charge in [-0.2, -0.15) is 0 Å². The maximum absolute atomic E-state index is 11.6. The van der Waals surface area contributed by atoms with Crippen LogP contribution in [0, 0.1) is 5.92 Å². The summed E-state index contributed by atoms with van der Waals surface area (Å²) in [5, 5.41) is 0. The van der Waals surface area contributed by atoms with E-state index in [4.69, 9.17) is 9.15 Å². The summed E-state index contributed by atoms with van der Waals surface area (Å²) in [6.45, 7) is 0.362. The number of rotatable bonds is 6. The second-order valence-corrected chi connectivity index (χ2v) is 5.98. The minimum absolute atomic E-state index is 0.193. The molecule has 3 nitrogen and oxygen atoms in total. The Labute approximate surface area is 131 Å². The van der Waals surface area contributed by atoms with Crippen molar-refractivity contribution in [3.8, 4) is 5.75 Å². The Morgan fingerprint density at radius 3 is 2.95 bits per heavy atom. The molecular weight excluding hydrogens is 332 g/mol. The van der Waals surface area contributed by atoms with E-state index in [9.17, 15) is 4.79 Å². The minimum Gasteiger partial charge on any atom is -0.486 e. The lowest BCUT2D eigenvalue weighted by Crippen LogP contribution is -1.93. The number of hydrogen-bond acceptors (Lipinski definition) is 3. The zero-order valence-corrected chi connectivity index (χ0v) is 13.0. The average molecular weight is 347 g/mol. The molecule has 0 spiro atoms. The third-order valence-electron chi connectivity index (χ3n) is 3.25. The van der Waals surface area contributed by atoms with Gasteiger partial charge in [-0.25, -0.2) is 0 Å². The van der Waals surface area contributed by atoms with Crippen LogP contribution in [0.1, 0.15) is 24.4 Å². The number of ether oxygens (including phenoxy) is 1. The Bertz CT molecular complexity index is 668. The highest BCUT2D eigenvalue weighted by atomic mass is 79.9. The maximum Gasteiger partial charge on any atom is 0.158 e. The van der Waals surface area contributed by atoms with Crippen LogP contribution < -0.4 is 4.74 Å². The summed E-state index contributed by atoms with van der Waals surface area (Å²) in [4.78, 5) is 11.6. The zero-order chi connectivity index (χ0) is 14.7. The normalized spacial score (nSPS) is 14.5. The van der Waals surface area contributed by atoms with E-state index in [-0.39, 0.29) is 11.7 Å². The Hall–Kier alpha value is -1.81. The van der Waals surface area contributed by atoms with Crippen molar-refractivity contribution in [2.75, 3.05) is 0 Å². The molecule has 0 unspecified atom stereocenters. The van der Waals surface area contributed by atoms with Crippen LogP contribution in [0.25, 0.3) is 6.08 Å². The van der Waals surface area contributed by atoms with E-state index in [0.717, 1.165) is 28.8 Å². The number of halogens is 1. The molecule has 0 saturated heterocycles. The summed E-state index contributed by atoms with van der Waals surface area (Å²) < 4.78 is 12.2. The molecule has 1 aliphatic carbocycles. The molecule has 21 heavy (non-hydrogen) atoms. The number of ketones is 1. The van der Waals surface area contributed by atoms with Crippen LogP contribution in [0.15, 0.2) is 51.4 Å². The summed E-state index contributed by atoms with van der Waals surface area (Å²) in [6, 6.07) is 11.4. The maximum atomic E-state index is 11.6. The van der Waals surface area contributed by atoms with Gasteiger partial charge in [0.1, 0.15) is 23.9 Å². The van der Waals surface area contributed by atoms with Crippen LogP contribution in [0.5, 0.6) is 5.75 Å². The second kappa shape index (κ2) is 6.31. The largest absolute Gasteiger partial charge is 0.486 e. The molecule has 2 aromatic rings. The standard InChI is InChI=1S/C17H15BrO3/c18-13-2-1-3-15(10-13)20-11-16-7-6-14(21-16)8-9-17(19)12-4-5-12/h1-3,6-10,12H,4-5,11H2/b9-8+. The highest BCUT2D eigenvalue weighted by Gasteiger charge is 2.27. The number of hydrogen-bond donors (Lipinski definition) is 0. The van der Waals surface area contributed by atoms with Gasteiger partial charge in [0, 0.05) is 10.4 Å². The minimum atomic E-state index is 0.193. The molecule has 0 N–H and O–H groups in total. The van der Waals surface area contributed by atoms with E-state index in [0.29, 0.717) is 12.4 Å². The SMILES string of the molecule is O=C(/C=C/c1ccc(COc2cccc(Br)c2)o1)C1CC1. The first-order valence-electron chi connectivity index (χ1n) is 6.90. The van der Waals surface area contributed by atoms with E-state index in [1.165, 1.54) is 0 Å². The van der Waals surface area contributed by atoms with Crippen molar-refractivity contribution in [2.45, 2.75) is 19.4 Å². The van der Waals surface area contributed by atoms with Crippen LogP contribution in [-0.2, 0) is 11.4 Å². The number of furan rings is 1. The van der Waals surface area contributed by atoms with Crippen molar-refractivity contribution in [3.63, 3.8) is 0 Å². The van der Waals surface area contributed by atoms with E-state index in [1.54, 1.807) is 12.2 Å². The molecule has 1 fully saturated rings. The van der Waals surface area contributed by atoms with Crippen molar-refractivity contribution in [2.24, 2.45) is 5.92 Å². The van der Waals surface area contributed by atoms with Gasteiger partial charge in [0.15, 0.2) is 5.78 Å². The van der Waals surface area contributed by atoms with Gasteiger partial charge in [-0.05, 0) is 55.3 Å². The Morgan fingerprint density at radius 1 is 1.33 bits per heavy atom. The smallest absolute Gasteiger partial charge is 0.158 e. The van der Waals surface area contributed by atoms with Crippen LogP contribution in [0.3, 0.4) is 0 Å². The predicted octanol–water partition coefficient (Wildman–Crippen LogP) is 4.61. The molecule has 1 aromatic heterocycles. The van der Waals surface area contributed by atoms with Crippen molar-refractivity contribution in [3.05, 3.63) is 58.5 Å². The molecule has 1 aliphatic rings. The predicted molar refractivity (Wildman–Crippen MR) is 83.9 cm³/mol. The lowest BCUT2D eigenvalue weighted by atomic mass is 10.2. The van der Waals surface area contributed by atoms with Crippen LogP contribution in [-0.4, -0.2) is 5.78 Å². The molecule has 1 saturated carbocycles. The number of carbonyl (C=O) groups excluding carboxylic acids is 1. The molecule has 108 valence electrons. The molecule has 0 aliphatic heterocycles. The van der Waals surface area contributed by atoms with Crippen LogP contribution >= 0.6 is 15.9 Å². The number of benzene rings is 1. The average Bonchev–Trinajstić information content (AvgIpc) is 3.23. The quantitative estimate of drug-likeness (QED) is 0.716. The van der Waals surface area contributed by atoms with Gasteiger partial charge in [-0.15, -0.1) is 0 Å². The first-order chi connectivity index (χ1) is 10.2. The first-order valence-corrected chi connectivity index (χ1v) is 7.69. The highest BCUT2D eigenvalue weighted by molar-refractivity contribution is 9.10. The van der Waals surface area contributed by atoms with Gasteiger partial charge in [-0.1, -0.05) is 22.0 Å². The highest BCUT2D eigenvalue weighted by Crippen LogP contribution is 2.30. The monoisotopic (exact) mass is 346 g/mol. The number of allylic oxidation sites excluding steroid dienone is 1. The molecule has 0 amide bonds. The van der Waals surface area contributed by atoms with E-state index < -0.39 is 0 Å². The summed E-state index contributed by atoms with van der Waals surface area (Å²) in [5.41, 5.74) is 0. The van der Waals surface area contributed by atoms with Gasteiger partial charge >= 0.3 is 0 Å². The summed E-state index contributed by atoms with van der Waals surface area (Å²) >= 11 is 3.40. The van der Waals surface area contributed by atoms with Crippen LogP contribution in [0.2, 0.25) is 0 Å². The Balaban J connectivity index is 1.56. The molecule has 3 rings (SSSR count). The van der Waals surface area contributed by atoms with Gasteiger partial charge in [0.25, 0.3) is 0 Å². The second-order valence-electron chi connectivity index (χ2n) is 5.06. The first kappa shape index (κ1) is 14.1. The zero-order valence-electron chi connectivity index (χ0n) is 11.4. The fraction of sp³-hybridized carbons (Fsp3) is 0.235. The van der Waals surface area contributed by atoms with Gasteiger partial charge in [0.05, 0.1) is 0 Å². The topological polar surface area (TPSA) is 39.4 Å². The van der Waals surface area contributed by atoms with E-state index >= 15 is 0 Å². The van der Waals surface area contributed by atoms with Gasteiger partial charge < -0.3 is 9.15 Å². The fourth-order valence-corrected chi connectivity index (χ4v) is 2.32. The van der Waals surface area contributed by atoms with E-state index in [2.05, 4.69) is 15.9 Å². The molecule has 1 heterocycles. The van der Waals surface area contributed by atoms with Crippen molar-refractivity contribution >= 4 is 27.8 Å². The van der Waals surface area contributed by atoms with Crippen LogP contribution in [0.4, 0.5) is 0 Å². The number of carbonyl (C=O) groups is 1. The lowest BCUT2D eigenvalue weighted by molar-refractivity contribution is -0.115. The fourth-order valence-electron chi connectivity index (χ4n) is 1.94. The molecule has 0 bridgehead atoms. The summed E-state index contributed by atoms with van der Waals surface area (Å²) in [7, 11) is 0. The van der Waals surface area contributed by atoms with Crippen molar-refractivity contribution < 1.29 is 13.9 Å². The van der Waals surface area contributed by atoms with Crippen molar-refractivity contribution in [1.82, 2.24) is 0 Å². The molecule has 1 aromatic carbocycles. The molecule has 4 heteroatoms. The van der Waals surface area contributed by atoms with E-state index in [1.807, 2.05) is 36.4 Å². The molecular formula is C17H15BrO3. The third-order valence-corrected chi connectivity index (χ3v) is 3.74.